The highest BCUT2D eigenvalue weighted by Gasteiger charge is 2.31. The van der Waals surface area contributed by atoms with Crippen LogP contribution in [0.25, 0.3) is 11.0 Å². The Bertz CT molecular complexity index is 1140. The standard InChI is InChI=1S/C21H22F3N3O6S/c1-13-15(25-9-7-17(13)32-12-21(22,23)24)11-34(30)19-26-14-5-3-4-6-16(14)27(19)18(8-10-31-2)33-20(28)29/h3-7,9,18H,8,10-12H2,1-2H3,(H,28,29)/t18?,34-/m1/s1. The van der Waals surface area contributed by atoms with Crippen LogP contribution in [0, 0.1) is 6.92 Å². The number of fused-ring (bicyclic) bond motifs is 1. The summed E-state index contributed by atoms with van der Waals surface area (Å²) in [6.45, 7) is 0.211. The van der Waals surface area contributed by atoms with Crippen molar-refractivity contribution in [2.75, 3.05) is 20.3 Å². The molecule has 3 rings (SSSR count). The number of rotatable bonds is 10. The molecule has 1 N–H and O–H groups in total. The zero-order valence-electron chi connectivity index (χ0n) is 18.2. The number of halogens is 3. The largest absolute Gasteiger partial charge is 0.609 e. The zero-order valence-corrected chi connectivity index (χ0v) is 19.1. The maximum Gasteiger partial charge on any atom is 0.507 e. The number of alkyl halides is 3. The normalized spacial score (nSPS) is 13.6. The average molecular weight is 501 g/mol. The summed E-state index contributed by atoms with van der Waals surface area (Å²) in [7, 11) is 1.45. The fraction of sp³-hybridized carbons (Fsp3) is 0.381. The number of methoxy groups -OCH3 is 1. The molecular formula is C21H22F3N3O6S. The van der Waals surface area contributed by atoms with Gasteiger partial charge < -0.3 is 23.9 Å². The summed E-state index contributed by atoms with van der Waals surface area (Å²) >= 11 is -1.86. The summed E-state index contributed by atoms with van der Waals surface area (Å²) in [6, 6.07) is 8.10. The molecule has 0 bridgehead atoms. The molecule has 0 saturated heterocycles. The molecule has 0 saturated carbocycles. The van der Waals surface area contributed by atoms with Crippen LogP contribution in [-0.2, 0) is 26.4 Å². The van der Waals surface area contributed by atoms with Crippen LogP contribution in [0.4, 0.5) is 18.0 Å². The Kier molecular flexibility index (Phi) is 8.23. The van der Waals surface area contributed by atoms with Crippen LogP contribution in [-0.4, -0.2) is 56.8 Å². The molecule has 1 unspecified atom stereocenters. The molecule has 0 aliphatic rings. The number of carbonyl (C=O) groups is 1. The maximum absolute atomic E-state index is 13.4. The van der Waals surface area contributed by atoms with Gasteiger partial charge in [-0.1, -0.05) is 12.1 Å². The van der Waals surface area contributed by atoms with E-state index >= 15 is 0 Å². The molecule has 34 heavy (non-hydrogen) atoms. The van der Waals surface area contributed by atoms with Gasteiger partial charge in [0.2, 0.25) is 0 Å². The van der Waals surface area contributed by atoms with E-state index in [0.717, 1.165) is 0 Å². The molecule has 0 aliphatic carbocycles. The molecule has 2 heterocycles. The summed E-state index contributed by atoms with van der Waals surface area (Å²) in [5, 5.41) is 9.25. The lowest BCUT2D eigenvalue weighted by Gasteiger charge is -2.21. The average Bonchev–Trinajstić information content (AvgIpc) is 3.16. The number of imidazole rings is 1. The molecule has 9 nitrogen and oxygen atoms in total. The van der Waals surface area contributed by atoms with Crippen LogP contribution in [0.1, 0.15) is 23.9 Å². The SMILES string of the molecule is COCCC(OC(=O)O)n1c([S@+]([O-])Cc2nccc(OCC(F)(F)F)c2C)nc2ccccc21. The molecular weight excluding hydrogens is 479 g/mol. The van der Waals surface area contributed by atoms with Gasteiger partial charge >= 0.3 is 17.5 Å². The van der Waals surface area contributed by atoms with Crippen molar-refractivity contribution in [1.82, 2.24) is 14.5 Å². The second-order valence-electron chi connectivity index (χ2n) is 7.15. The van der Waals surface area contributed by atoms with E-state index in [1.807, 2.05) is 0 Å². The molecule has 13 heteroatoms. The van der Waals surface area contributed by atoms with Crippen LogP contribution < -0.4 is 4.74 Å². The Balaban J connectivity index is 1.96. The van der Waals surface area contributed by atoms with Crippen molar-refractivity contribution in [1.29, 1.82) is 0 Å². The summed E-state index contributed by atoms with van der Waals surface area (Å²) in [5.41, 5.74) is 1.53. The fourth-order valence-corrected chi connectivity index (χ4v) is 4.55. The first-order valence-electron chi connectivity index (χ1n) is 9.98. The summed E-state index contributed by atoms with van der Waals surface area (Å²) < 4.78 is 67.4. The number of benzene rings is 1. The van der Waals surface area contributed by atoms with Crippen molar-refractivity contribution in [2.45, 2.75) is 36.7 Å². The van der Waals surface area contributed by atoms with Crippen molar-refractivity contribution < 1.29 is 41.8 Å². The lowest BCUT2D eigenvalue weighted by Crippen LogP contribution is -2.23. The predicted octanol–water partition coefficient (Wildman–Crippen LogP) is 4.22. The molecule has 2 atom stereocenters. The number of hydrogen-bond donors (Lipinski definition) is 1. The fourth-order valence-electron chi connectivity index (χ4n) is 3.25. The number of hydrogen-bond acceptors (Lipinski definition) is 7. The lowest BCUT2D eigenvalue weighted by molar-refractivity contribution is -0.153. The van der Waals surface area contributed by atoms with Gasteiger partial charge in [0.15, 0.2) is 18.6 Å². The smallest absolute Gasteiger partial charge is 0.507 e. The van der Waals surface area contributed by atoms with E-state index in [-0.39, 0.29) is 35.4 Å². The van der Waals surface area contributed by atoms with Gasteiger partial charge in [-0.15, -0.1) is 0 Å². The van der Waals surface area contributed by atoms with Gasteiger partial charge in [0.25, 0.3) is 0 Å². The second-order valence-corrected chi connectivity index (χ2v) is 8.49. The second kappa shape index (κ2) is 10.9. The topological polar surface area (TPSA) is 119 Å². The molecule has 184 valence electrons. The van der Waals surface area contributed by atoms with Gasteiger partial charge in [-0.05, 0) is 25.1 Å². The Morgan fingerprint density at radius 3 is 2.71 bits per heavy atom. The first kappa shape index (κ1) is 25.6. The highest BCUT2D eigenvalue weighted by atomic mass is 32.2. The number of ether oxygens (including phenoxy) is 3. The molecule has 0 radical (unpaired) electrons. The van der Waals surface area contributed by atoms with Crippen LogP contribution in [0.3, 0.4) is 0 Å². The minimum absolute atomic E-state index is 0.0278. The quantitative estimate of drug-likeness (QED) is 0.324. The zero-order chi connectivity index (χ0) is 24.9. The maximum atomic E-state index is 13.4. The molecule has 0 aliphatic heterocycles. The predicted molar refractivity (Wildman–Crippen MR) is 115 cm³/mol. The van der Waals surface area contributed by atoms with Gasteiger partial charge in [0.1, 0.15) is 5.75 Å². The molecule has 0 spiro atoms. The number of pyridine rings is 1. The van der Waals surface area contributed by atoms with E-state index in [1.165, 1.54) is 30.9 Å². The van der Waals surface area contributed by atoms with Gasteiger partial charge in [-0.25, -0.2) is 9.36 Å². The summed E-state index contributed by atoms with van der Waals surface area (Å²) in [5.74, 6) is -0.220. The Hall–Kier alpha value is -3.03. The first-order valence-corrected chi connectivity index (χ1v) is 11.3. The summed E-state index contributed by atoms with van der Waals surface area (Å²) in [6.07, 6.45) is -5.71. The minimum atomic E-state index is -4.51. The van der Waals surface area contributed by atoms with E-state index in [9.17, 15) is 27.6 Å². The van der Waals surface area contributed by atoms with E-state index in [4.69, 9.17) is 14.2 Å². The van der Waals surface area contributed by atoms with Crippen molar-refractivity contribution >= 4 is 28.4 Å². The number of aromatic nitrogens is 3. The van der Waals surface area contributed by atoms with E-state index in [1.54, 1.807) is 24.3 Å². The highest BCUT2D eigenvalue weighted by molar-refractivity contribution is 7.90. The third-order valence-electron chi connectivity index (χ3n) is 4.78. The summed E-state index contributed by atoms with van der Waals surface area (Å²) in [4.78, 5) is 19.9. The van der Waals surface area contributed by atoms with E-state index in [0.29, 0.717) is 16.6 Å². The van der Waals surface area contributed by atoms with E-state index in [2.05, 4.69) is 9.97 Å². The molecule has 1 aromatic carbocycles. The number of carboxylic acid groups (broad SMARTS) is 1. The Morgan fingerprint density at radius 2 is 2.03 bits per heavy atom. The Morgan fingerprint density at radius 1 is 1.29 bits per heavy atom. The van der Waals surface area contributed by atoms with Gasteiger partial charge in [-0.3, -0.25) is 4.98 Å². The van der Waals surface area contributed by atoms with Crippen molar-refractivity contribution in [3.05, 3.63) is 47.8 Å². The third-order valence-corrected chi connectivity index (χ3v) is 6.01. The monoisotopic (exact) mass is 501 g/mol. The lowest BCUT2D eigenvalue weighted by atomic mass is 10.2. The van der Waals surface area contributed by atoms with Gasteiger partial charge in [0, 0.05) is 36.5 Å². The van der Waals surface area contributed by atoms with Crippen LogP contribution >= 0.6 is 0 Å². The van der Waals surface area contributed by atoms with Crippen LogP contribution in [0.15, 0.2) is 41.7 Å². The van der Waals surface area contributed by atoms with Crippen molar-refractivity contribution in [2.24, 2.45) is 0 Å². The minimum Gasteiger partial charge on any atom is -0.609 e. The number of para-hydroxylation sites is 2. The Labute approximate surface area is 195 Å². The van der Waals surface area contributed by atoms with Crippen molar-refractivity contribution in [3.8, 4) is 5.75 Å². The third kappa shape index (κ3) is 6.30. The highest BCUT2D eigenvalue weighted by Crippen LogP contribution is 2.30. The van der Waals surface area contributed by atoms with Crippen molar-refractivity contribution in [3.63, 3.8) is 0 Å². The van der Waals surface area contributed by atoms with Crippen LogP contribution in [0.2, 0.25) is 0 Å². The van der Waals surface area contributed by atoms with Gasteiger partial charge in [0.05, 0.1) is 23.3 Å². The number of nitrogens with zero attached hydrogens (tertiary/aromatic N) is 3. The molecule has 0 amide bonds. The molecule has 0 fully saturated rings. The van der Waals surface area contributed by atoms with Gasteiger partial charge in [-0.2, -0.15) is 18.2 Å². The molecule has 3 aromatic rings. The van der Waals surface area contributed by atoms with Crippen LogP contribution in [0.5, 0.6) is 5.75 Å². The van der Waals surface area contributed by atoms with E-state index < -0.39 is 36.3 Å². The molecule has 2 aromatic heterocycles. The first-order chi connectivity index (χ1) is 16.1.